The number of rotatable bonds is 9. The van der Waals surface area contributed by atoms with Crippen LogP contribution in [0, 0.1) is 0 Å². The van der Waals surface area contributed by atoms with E-state index in [2.05, 4.69) is 67.0 Å². The molecule has 3 heterocycles. The Balaban J connectivity index is 1.08. The molecule has 0 atom stereocenters. The lowest BCUT2D eigenvalue weighted by Crippen LogP contribution is -1.87. The molecule has 10 rings (SSSR count). The average molecular weight is 739 g/mol. The van der Waals surface area contributed by atoms with Gasteiger partial charge in [-0.15, -0.1) is 30.6 Å². The normalized spacial score (nSPS) is 11.2. The molecule has 57 heavy (non-hydrogen) atoms. The van der Waals surface area contributed by atoms with Crippen molar-refractivity contribution in [1.29, 1.82) is 0 Å². The molecule has 0 aliphatic heterocycles. The smallest absolute Gasteiger partial charge is 0.248 e. The van der Waals surface area contributed by atoms with Gasteiger partial charge < -0.3 is 13.3 Å². The van der Waals surface area contributed by atoms with Gasteiger partial charge in [-0.25, -0.2) is 0 Å². The first-order valence-electron chi connectivity index (χ1n) is 18.4. The van der Waals surface area contributed by atoms with Crippen LogP contribution in [0.5, 0.6) is 0 Å². The van der Waals surface area contributed by atoms with Crippen molar-refractivity contribution in [3.8, 4) is 102 Å². The van der Waals surface area contributed by atoms with E-state index in [0.29, 0.717) is 52.0 Å². The van der Waals surface area contributed by atoms with Crippen molar-refractivity contribution >= 4 is 0 Å². The van der Waals surface area contributed by atoms with Gasteiger partial charge in [0.15, 0.2) is 0 Å². The topological polar surface area (TPSA) is 117 Å². The highest BCUT2D eigenvalue weighted by Gasteiger charge is 2.22. The summed E-state index contributed by atoms with van der Waals surface area (Å²) in [4.78, 5) is 0. The van der Waals surface area contributed by atoms with Crippen molar-refractivity contribution < 1.29 is 13.3 Å². The fourth-order valence-electron chi connectivity index (χ4n) is 6.96. The van der Waals surface area contributed by atoms with Crippen molar-refractivity contribution in [2.75, 3.05) is 0 Å². The lowest BCUT2D eigenvalue weighted by molar-refractivity contribution is 0.580. The molecule has 270 valence electrons. The zero-order chi connectivity index (χ0) is 38.0. The van der Waals surface area contributed by atoms with E-state index in [-0.39, 0.29) is 0 Å². The minimum absolute atomic E-state index is 0.291. The van der Waals surface area contributed by atoms with E-state index in [4.69, 9.17) is 13.3 Å². The molecule has 0 saturated carbocycles. The predicted molar refractivity (Wildman–Crippen MR) is 219 cm³/mol. The van der Waals surface area contributed by atoms with Gasteiger partial charge in [-0.3, -0.25) is 0 Å². The molecule has 0 aliphatic carbocycles. The van der Waals surface area contributed by atoms with Gasteiger partial charge in [0, 0.05) is 33.4 Å². The highest BCUT2D eigenvalue weighted by molar-refractivity contribution is 5.83. The molecule has 0 N–H and O–H groups in total. The fourth-order valence-corrected chi connectivity index (χ4v) is 6.96. The summed E-state index contributed by atoms with van der Waals surface area (Å²) in [7, 11) is 0. The average Bonchev–Trinajstić information content (AvgIpc) is 4.10. The lowest BCUT2D eigenvalue weighted by Gasteiger charge is -2.07. The minimum atomic E-state index is 0.291. The summed E-state index contributed by atoms with van der Waals surface area (Å²) in [5.41, 5.74) is 10.3. The van der Waals surface area contributed by atoms with Gasteiger partial charge in [0.05, 0.1) is 0 Å². The predicted octanol–water partition coefficient (Wildman–Crippen LogP) is 11.8. The van der Waals surface area contributed by atoms with E-state index >= 15 is 0 Å². The van der Waals surface area contributed by atoms with Crippen molar-refractivity contribution in [2.24, 2.45) is 0 Å². The quantitative estimate of drug-likeness (QED) is 0.143. The maximum atomic E-state index is 6.42. The first-order chi connectivity index (χ1) is 28.2. The van der Waals surface area contributed by atoms with E-state index in [9.17, 15) is 0 Å². The van der Waals surface area contributed by atoms with Crippen LogP contribution in [0.15, 0.2) is 195 Å². The van der Waals surface area contributed by atoms with Gasteiger partial charge in [-0.2, -0.15) is 0 Å². The molecule has 0 aliphatic rings. The van der Waals surface area contributed by atoms with Crippen LogP contribution in [0.3, 0.4) is 0 Å². The molecule has 9 nitrogen and oxygen atoms in total. The van der Waals surface area contributed by atoms with Gasteiger partial charge in [0.1, 0.15) is 0 Å². The number of hydrogen-bond donors (Lipinski definition) is 0. The highest BCUT2D eigenvalue weighted by atomic mass is 16.4. The van der Waals surface area contributed by atoms with Crippen molar-refractivity contribution in [3.05, 3.63) is 182 Å². The summed E-state index contributed by atoms with van der Waals surface area (Å²) >= 11 is 0. The first-order valence-corrected chi connectivity index (χ1v) is 18.4. The van der Waals surface area contributed by atoms with Crippen molar-refractivity contribution in [3.63, 3.8) is 0 Å². The molecule has 0 spiro atoms. The second-order valence-corrected chi connectivity index (χ2v) is 13.3. The Labute approximate surface area is 327 Å². The summed E-state index contributed by atoms with van der Waals surface area (Å²) in [5, 5.41) is 27.0. The molecule has 10 aromatic rings. The van der Waals surface area contributed by atoms with Gasteiger partial charge in [0.2, 0.25) is 35.3 Å². The number of hydrogen-bond acceptors (Lipinski definition) is 9. The van der Waals surface area contributed by atoms with Gasteiger partial charge in [-0.05, 0) is 69.8 Å². The lowest BCUT2D eigenvalue weighted by atomic mass is 10.00. The largest absolute Gasteiger partial charge is 0.416 e. The zero-order valence-electron chi connectivity index (χ0n) is 30.2. The summed E-state index contributed by atoms with van der Waals surface area (Å²) in [6, 6.07) is 59.9. The van der Waals surface area contributed by atoms with Crippen LogP contribution in [0.4, 0.5) is 0 Å². The second kappa shape index (κ2) is 14.7. The Morgan fingerprint density at radius 3 is 0.719 bits per heavy atom. The third kappa shape index (κ3) is 6.59. The number of nitrogens with zero attached hydrogens (tertiary/aromatic N) is 6. The molecule has 0 radical (unpaired) electrons. The standard InChI is InChI=1S/C48H30N6O3/c1-4-16-31(17-5-1)37-22-10-13-25-40(37)46-52-49-43(55-46)34-28-35(44-50-53-47(56-44)41-26-14-11-23-38(41)32-18-6-2-7-19-32)30-36(29-34)45-51-54-48(57-45)42-27-15-12-24-39(42)33-20-8-3-9-21-33/h1-30H. The summed E-state index contributed by atoms with van der Waals surface area (Å²) < 4.78 is 19.3. The highest BCUT2D eigenvalue weighted by Crippen LogP contribution is 2.39. The third-order valence-corrected chi connectivity index (χ3v) is 9.68. The van der Waals surface area contributed by atoms with E-state index < -0.39 is 0 Å². The van der Waals surface area contributed by atoms with Crippen LogP contribution >= 0.6 is 0 Å². The monoisotopic (exact) mass is 738 g/mol. The Morgan fingerprint density at radius 1 is 0.211 bits per heavy atom. The first kappa shape index (κ1) is 33.5. The molecular formula is C48H30N6O3. The molecule has 7 aromatic carbocycles. The van der Waals surface area contributed by atoms with Crippen LogP contribution < -0.4 is 0 Å². The number of benzene rings is 7. The van der Waals surface area contributed by atoms with Gasteiger partial charge in [0.25, 0.3) is 0 Å². The Kier molecular flexibility index (Phi) is 8.62. The molecule has 0 fully saturated rings. The molecule has 0 saturated heterocycles. The molecule has 3 aromatic heterocycles. The second-order valence-electron chi connectivity index (χ2n) is 13.3. The van der Waals surface area contributed by atoms with Crippen molar-refractivity contribution in [1.82, 2.24) is 30.6 Å². The SMILES string of the molecule is c1ccc(-c2ccccc2-c2nnc(-c3cc(-c4nnc(-c5ccccc5-c5ccccc5)o4)cc(-c4nnc(-c5ccccc5-c5ccccc5)o4)c3)o2)cc1. The van der Waals surface area contributed by atoms with E-state index in [0.717, 1.165) is 50.1 Å². The van der Waals surface area contributed by atoms with E-state index in [1.165, 1.54) is 0 Å². The zero-order valence-corrected chi connectivity index (χ0v) is 30.2. The Hall–Kier alpha value is -8.04. The molecule has 0 bridgehead atoms. The van der Waals surface area contributed by atoms with Crippen LogP contribution in [0.25, 0.3) is 102 Å². The summed E-state index contributed by atoms with van der Waals surface area (Å²) in [6.07, 6.45) is 0. The van der Waals surface area contributed by atoms with E-state index in [1.807, 2.05) is 146 Å². The Morgan fingerprint density at radius 2 is 0.439 bits per heavy atom. The minimum Gasteiger partial charge on any atom is -0.416 e. The molecule has 0 unspecified atom stereocenters. The molecular weight excluding hydrogens is 709 g/mol. The van der Waals surface area contributed by atoms with Crippen LogP contribution in [0.1, 0.15) is 0 Å². The summed E-state index contributed by atoms with van der Waals surface area (Å²) in [5.74, 6) is 2.02. The van der Waals surface area contributed by atoms with Gasteiger partial charge >= 0.3 is 0 Å². The summed E-state index contributed by atoms with van der Waals surface area (Å²) in [6.45, 7) is 0. The van der Waals surface area contributed by atoms with Gasteiger partial charge in [-0.1, -0.05) is 146 Å². The molecule has 9 heteroatoms. The fraction of sp³-hybridized carbons (Fsp3) is 0. The Bertz CT molecular complexity index is 2640. The maximum Gasteiger partial charge on any atom is 0.248 e. The van der Waals surface area contributed by atoms with E-state index in [1.54, 1.807) is 0 Å². The van der Waals surface area contributed by atoms with Crippen LogP contribution in [-0.2, 0) is 0 Å². The number of aromatic nitrogens is 6. The van der Waals surface area contributed by atoms with Crippen LogP contribution in [0.2, 0.25) is 0 Å². The molecule has 0 amide bonds. The maximum absolute atomic E-state index is 6.42. The van der Waals surface area contributed by atoms with Crippen molar-refractivity contribution in [2.45, 2.75) is 0 Å². The van der Waals surface area contributed by atoms with Crippen LogP contribution in [-0.4, -0.2) is 30.6 Å². The third-order valence-electron chi connectivity index (χ3n) is 9.68.